The number of ether oxygens (including phenoxy) is 2. The number of aryl methyl sites for hydroxylation is 1. The molecule has 76 valence electrons. The Balaban J connectivity index is 2.47. The van der Waals surface area contributed by atoms with Gasteiger partial charge < -0.3 is 9.47 Å². The molecule has 0 N–H and O–H groups in total. The summed E-state index contributed by atoms with van der Waals surface area (Å²) in [6.45, 7) is 2.21. The van der Waals surface area contributed by atoms with Gasteiger partial charge in [-0.1, -0.05) is 6.07 Å². The number of hydrogen-bond acceptors (Lipinski definition) is 4. The van der Waals surface area contributed by atoms with E-state index < -0.39 is 0 Å². The van der Waals surface area contributed by atoms with E-state index in [1.54, 1.807) is 12.1 Å². The van der Waals surface area contributed by atoms with Crippen molar-refractivity contribution in [3.8, 4) is 5.88 Å². The molecule has 4 heteroatoms. The van der Waals surface area contributed by atoms with Crippen molar-refractivity contribution in [2.45, 2.75) is 13.3 Å². The zero-order valence-corrected chi connectivity index (χ0v) is 8.32. The van der Waals surface area contributed by atoms with Crippen molar-refractivity contribution in [1.82, 2.24) is 4.98 Å². The minimum Gasteiger partial charge on any atom is -0.407 e. The first-order valence-corrected chi connectivity index (χ1v) is 4.35. The van der Waals surface area contributed by atoms with E-state index in [1.807, 2.05) is 13.0 Å². The third kappa shape index (κ3) is 3.53. The van der Waals surface area contributed by atoms with E-state index in [9.17, 15) is 4.79 Å². The van der Waals surface area contributed by atoms with E-state index in [2.05, 4.69) is 4.98 Å². The number of aromatic nitrogens is 1. The van der Waals surface area contributed by atoms with E-state index >= 15 is 0 Å². The van der Waals surface area contributed by atoms with Gasteiger partial charge in [0, 0.05) is 18.9 Å². The predicted octanol–water partition coefficient (Wildman–Crippen LogP) is 1.33. The largest absolute Gasteiger partial charge is 0.407 e. The summed E-state index contributed by atoms with van der Waals surface area (Å²) in [6, 6.07) is 5.28. The number of methoxy groups -OCH3 is 1. The summed E-state index contributed by atoms with van der Waals surface area (Å²) in [4.78, 5) is 15.2. The molecule has 0 atom stereocenters. The molecular weight excluding hydrogens is 182 g/mol. The minimum absolute atomic E-state index is 0.242. The number of carbonyl (C=O) groups is 1. The molecule has 0 radical (unpaired) electrons. The monoisotopic (exact) mass is 195 g/mol. The van der Waals surface area contributed by atoms with Crippen LogP contribution in [0.5, 0.6) is 5.88 Å². The van der Waals surface area contributed by atoms with Crippen molar-refractivity contribution in [2.75, 3.05) is 13.7 Å². The van der Waals surface area contributed by atoms with Crippen LogP contribution in [-0.2, 0) is 9.53 Å². The molecule has 1 rings (SSSR count). The summed E-state index contributed by atoms with van der Waals surface area (Å²) in [5.74, 6) is 0.0102. The molecule has 0 bridgehead atoms. The van der Waals surface area contributed by atoms with Crippen LogP contribution in [0.15, 0.2) is 18.2 Å². The topological polar surface area (TPSA) is 48.4 Å². The Labute approximate surface area is 82.9 Å². The fourth-order valence-corrected chi connectivity index (χ4v) is 0.928. The normalized spacial score (nSPS) is 9.86. The highest BCUT2D eigenvalue weighted by atomic mass is 16.5. The van der Waals surface area contributed by atoms with Gasteiger partial charge in [0.25, 0.3) is 0 Å². The number of esters is 1. The van der Waals surface area contributed by atoms with Crippen LogP contribution in [0.4, 0.5) is 0 Å². The molecule has 0 fully saturated rings. The number of nitrogens with zero attached hydrogens (tertiary/aromatic N) is 1. The van der Waals surface area contributed by atoms with Gasteiger partial charge in [-0.3, -0.25) is 4.79 Å². The highest BCUT2D eigenvalue weighted by Gasteiger charge is 2.04. The summed E-state index contributed by atoms with van der Waals surface area (Å²) >= 11 is 0. The average molecular weight is 195 g/mol. The number of hydrogen-bond donors (Lipinski definition) is 0. The second kappa shape index (κ2) is 5.34. The van der Waals surface area contributed by atoms with Crippen LogP contribution >= 0.6 is 0 Å². The van der Waals surface area contributed by atoms with Crippen LogP contribution in [0.3, 0.4) is 0 Å². The van der Waals surface area contributed by atoms with Gasteiger partial charge in [-0.05, 0) is 13.0 Å². The van der Waals surface area contributed by atoms with Gasteiger partial charge in [-0.25, -0.2) is 4.98 Å². The van der Waals surface area contributed by atoms with Crippen molar-refractivity contribution < 1.29 is 14.3 Å². The molecule has 0 aliphatic heterocycles. The number of carbonyl (C=O) groups excluding carboxylic acids is 1. The molecule has 14 heavy (non-hydrogen) atoms. The Bertz CT molecular complexity index is 312. The molecule has 0 aliphatic carbocycles. The quantitative estimate of drug-likeness (QED) is 0.680. The van der Waals surface area contributed by atoms with Crippen LogP contribution in [0, 0.1) is 6.92 Å². The maximum atomic E-state index is 11.1. The molecule has 0 saturated heterocycles. The molecule has 1 heterocycles. The molecule has 0 amide bonds. The fourth-order valence-electron chi connectivity index (χ4n) is 0.928. The fraction of sp³-hybridized carbons (Fsp3) is 0.400. The molecule has 0 unspecified atom stereocenters. The Kier molecular flexibility index (Phi) is 4.07. The molecular formula is C10H13NO3. The lowest BCUT2D eigenvalue weighted by Crippen LogP contribution is -2.11. The van der Waals surface area contributed by atoms with Gasteiger partial charge in [0.1, 0.15) is 0 Å². The van der Waals surface area contributed by atoms with Gasteiger partial charge >= 0.3 is 5.97 Å². The summed E-state index contributed by atoms with van der Waals surface area (Å²) in [5, 5.41) is 0. The van der Waals surface area contributed by atoms with Crippen molar-refractivity contribution in [3.63, 3.8) is 0 Å². The van der Waals surface area contributed by atoms with Gasteiger partial charge in [0.15, 0.2) is 0 Å². The highest BCUT2D eigenvalue weighted by Crippen LogP contribution is 2.07. The van der Waals surface area contributed by atoms with Crippen LogP contribution in [0.1, 0.15) is 12.1 Å². The molecule has 1 aromatic heterocycles. The van der Waals surface area contributed by atoms with E-state index in [0.29, 0.717) is 12.5 Å². The zero-order chi connectivity index (χ0) is 10.4. The van der Waals surface area contributed by atoms with Crippen molar-refractivity contribution >= 4 is 5.97 Å². The molecule has 0 aromatic carbocycles. The Hall–Kier alpha value is -1.42. The van der Waals surface area contributed by atoms with Crippen LogP contribution in [0.2, 0.25) is 0 Å². The number of rotatable bonds is 4. The van der Waals surface area contributed by atoms with Crippen molar-refractivity contribution in [1.29, 1.82) is 0 Å². The average Bonchev–Trinajstić information content (AvgIpc) is 2.15. The lowest BCUT2D eigenvalue weighted by atomic mass is 10.4. The van der Waals surface area contributed by atoms with Gasteiger partial charge in [-0.15, -0.1) is 0 Å². The third-order valence-corrected chi connectivity index (χ3v) is 1.59. The Morgan fingerprint density at radius 1 is 1.50 bits per heavy atom. The molecule has 0 spiro atoms. The van der Waals surface area contributed by atoms with Crippen LogP contribution in [0.25, 0.3) is 0 Å². The first-order chi connectivity index (χ1) is 6.72. The second-order valence-corrected chi connectivity index (χ2v) is 2.83. The standard InChI is InChI=1S/C10H13NO3/c1-8-4-3-5-9(11-8)14-10(12)6-7-13-2/h3-5H,6-7H2,1-2H3. The minimum atomic E-state index is -0.329. The van der Waals surface area contributed by atoms with Gasteiger partial charge in [0.2, 0.25) is 5.88 Å². The molecule has 1 aromatic rings. The molecule has 4 nitrogen and oxygen atoms in total. The maximum absolute atomic E-state index is 11.1. The van der Waals surface area contributed by atoms with E-state index in [1.165, 1.54) is 7.11 Å². The first-order valence-electron chi connectivity index (χ1n) is 4.35. The Morgan fingerprint density at radius 2 is 2.29 bits per heavy atom. The van der Waals surface area contributed by atoms with Crippen LogP contribution in [-0.4, -0.2) is 24.7 Å². The summed E-state index contributed by atoms with van der Waals surface area (Å²) in [5.41, 5.74) is 0.821. The maximum Gasteiger partial charge on any atom is 0.314 e. The summed E-state index contributed by atoms with van der Waals surface area (Å²) in [7, 11) is 1.54. The highest BCUT2D eigenvalue weighted by molar-refractivity contribution is 5.71. The molecule has 0 aliphatic rings. The lowest BCUT2D eigenvalue weighted by molar-refractivity contribution is -0.135. The summed E-state index contributed by atoms with van der Waals surface area (Å²) < 4.78 is 9.72. The SMILES string of the molecule is COCCC(=O)Oc1cccc(C)n1. The van der Waals surface area contributed by atoms with Gasteiger partial charge in [0.05, 0.1) is 13.0 Å². The second-order valence-electron chi connectivity index (χ2n) is 2.83. The summed E-state index contributed by atoms with van der Waals surface area (Å²) in [6.07, 6.45) is 0.242. The van der Waals surface area contributed by atoms with E-state index in [4.69, 9.17) is 9.47 Å². The zero-order valence-electron chi connectivity index (χ0n) is 8.32. The molecule has 0 saturated carbocycles. The van der Waals surface area contributed by atoms with Gasteiger partial charge in [-0.2, -0.15) is 0 Å². The third-order valence-electron chi connectivity index (χ3n) is 1.59. The van der Waals surface area contributed by atoms with E-state index in [-0.39, 0.29) is 12.4 Å². The lowest BCUT2D eigenvalue weighted by Gasteiger charge is -2.02. The number of pyridine rings is 1. The predicted molar refractivity (Wildman–Crippen MR) is 51.1 cm³/mol. The first kappa shape index (κ1) is 10.7. The van der Waals surface area contributed by atoms with Crippen molar-refractivity contribution in [3.05, 3.63) is 23.9 Å². The Morgan fingerprint density at radius 3 is 2.93 bits per heavy atom. The van der Waals surface area contributed by atoms with E-state index in [0.717, 1.165) is 5.69 Å². The smallest absolute Gasteiger partial charge is 0.314 e. The van der Waals surface area contributed by atoms with Crippen LogP contribution < -0.4 is 4.74 Å². The van der Waals surface area contributed by atoms with Crippen molar-refractivity contribution in [2.24, 2.45) is 0 Å².